The maximum Gasteiger partial charge on any atom is 0.408 e. The predicted octanol–water partition coefficient (Wildman–Crippen LogP) is 3.42. The highest BCUT2D eigenvalue weighted by Gasteiger charge is 2.29. The third kappa shape index (κ3) is 9.13. The van der Waals surface area contributed by atoms with Gasteiger partial charge in [0.2, 0.25) is 5.91 Å². The zero-order valence-corrected chi connectivity index (χ0v) is 20.4. The number of carbonyl (C=O) groups is 3. The van der Waals surface area contributed by atoms with Crippen molar-refractivity contribution < 1.29 is 28.6 Å². The summed E-state index contributed by atoms with van der Waals surface area (Å²) in [4.78, 5) is 38.0. The number of hydrogen-bond acceptors (Lipinski definition) is 6. The molecule has 0 radical (unpaired) electrons. The molecule has 2 N–H and O–H groups in total. The highest BCUT2D eigenvalue weighted by Crippen LogP contribution is 2.15. The van der Waals surface area contributed by atoms with Crippen molar-refractivity contribution in [3.63, 3.8) is 0 Å². The second-order valence-electron chi connectivity index (χ2n) is 8.75. The van der Waals surface area contributed by atoms with Gasteiger partial charge in [-0.1, -0.05) is 42.5 Å². The number of amides is 2. The van der Waals surface area contributed by atoms with E-state index in [0.29, 0.717) is 12.4 Å². The Labute approximate surface area is 201 Å². The van der Waals surface area contributed by atoms with Crippen LogP contribution in [-0.4, -0.2) is 49.4 Å². The van der Waals surface area contributed by atoms with E-state index in [2.05, 4.69) is 10.6 Å². The minimum atomic E-state index is -0.976. The largest absolute Gasteiger partial charge is 0.494 e. The number of rotatable bonds is 10. The van der Waals surface area contributed by atoms with Crippen molar-refractivity contribution in [2.24, 2.45) is 0 Å². The number of ether oxygens (including phenoxy) is 3. The minimum Gasteiger partial charge on any atom is -0.494 e. The smallest absolute Gasteiger partial charge is 0.408 e. The van der Waals surface area contributed by atoms with Gasteiger partial charge in [-0.2, -0.15) is 0 Å². The molecule has 0 spiro atoms. The zero-order chi connectivity index (χ0) is 25.1. The van der Waals surface area contributed by atoms with Crippen LogP contribution in [0.25, 0.3) is 0 Å². The third-order valence-electron chi connectivity index (χ3n) is 4.77. The van der Waals surface area contributed by atoms with Gasteiger partial charge in [0.05, 0.1) is 13.7 Å². The maximum atomic E-state index is 13.2. The monoisotopic (exact) mass is 470 g/mol. The fraction of sp³-hybridized carbons (Fsp3) is 0.423. The van der Waals surface area contributed by atoms with Crippen molar-refractivity contribution in [1.29, 1.82) is 0 Å². The molecule has 0 heterocycles. The molecule has 0 aliphatic heterocycles. The summed E-state index contributed by atoms with van der Waals surface area (Å²) in [5.41, 5.74) is 0.935. The number of methoxy groups -OCH3 is 1. The Bertz CT molecular complexity index is 938. The molecule has 0 bridgehead atoms. The summed E-state index contributed by atoms with van der Waals surface area (Å²) in [6.45, 7) is 7.65. The summed E-state index contributed by atoms with van der Waals surface area (Å²) in [5, 5.41) is 5.36. The first-order valence-electron chi connectivity index (χ1n) is 11.2. The second kappa shape index (κ2) is 12.6. The Hall–Kier alpha value is -3.55. The highest BCUT2D eigenvalue weighted by molar-refractivity contribution is 5.90. The standard InChI is InChI=1S/C26H34N2O6/c1-6-33-20-14-12-19(13-15-20)16-21(28-25(31)34-26(2,3)4)23(29)27-22(24(30)32-5)17-18-10-8-7-9-11-18/h7-15,21-22H,6,16-17H2,1-5H3,(H,27,29)(H,28,31)/t21-,22+/m1/s1. The molecule has 2 atom stereocenters. The van der Waals surface area contributed by atoms with E-state index in [1.807, 2.05) is 49.4 Å². The highest BCUT2D eigenvalue weighted by atomic mass is 16.6. The average molecular weight is 471 g/mol. The third-order valence-corrected chi connectivity index (χ3v) is 4.77. The lowest BCUT2D eigenvalue weighted by Crippen LogP contribution is -2.53. The fourth-order valence-corrected chi connectivity index (χ4v) is 3.24. The Morgan fingerprint density at radius 3 is 2.00 bits per heavy atom. The molecule has 2 aromatic rings. The van der Waals surface area contributed by atoms with Gasteiger partial charge in [-0.3, -0.25) is 4.79 Å². The first-order valence-corrected chi connectivity index (χ1v) is 11.2. The molecule has 2 aromatic carbocycles. The summed E-state index contributed by atoms with van der Waals surface area (Å²) >= 11 is 0. The van der Waals surface area contributed by atoms with E-state index in [-0.39, 0.29) is 12.8 Å². The Morgan fingerprint density at radius 2 is 1.44 bits per heavy atom. The topological polar surface area (TPSA) is 103 Å². The summed E-state index contributed by atoms with van der Waals surface area (Å²) in [5.74, 6) is -0.388. The maximum absolute atomic E-state index is 13.2. The molecular formula is C26H34N2O6. The van der Waals surface area contributed by atoms with Gasteiger partial charge in [-0.05, 0) is 51.0 Å². The Balaban J connectivity index is 2.20. The molecule has 184 valence electrons. The quantitative estimate of drug-likeness (QED) is 0.516. The summed E-state index contributed by atoms with van der Waals surface area (Å²) in [6.07, 6.45) is -0.283. The minimum absolute atomic E-state index is 0.191. The Kier molecular flexibility index (Phi) is 9.92. The number of esters is 1. The van der Waals surface area contributed by atoms with Crippen LogP contribution in [0.2, 0.25) is 0 Å². The molecule has 0 saturated carbocycles. The summed E-state index contributed by atoms with van der Waals surface area (Å²) in [6, 6.07) is 14.6. The normalized spacial score (nSPS) is 12.7. The molecule has 8 heteroatoms. The molecule has 0 aromatic heterocycles. The van der Waals surface area contributed by atoms with E-state index >= 15 is 0 Å². The fourth-order valence-electron chi connectivity index (χ4n) is 3.24. The van der Waals surface area contributed by atoms with Gasteiger partial charge in [0.25, 0.3) is 0 Å². The van der Waals surface area contributed by atoms with Crippen molar-refractivity contribution in [3.05, 3.63) is 65.7 Å². The number of alkyl carbamates (subject to hydrolysis) is 1. The van der Waals surface area contributed by atoms with Crippen molar-refractivity contribution in [2.45, 2.75) is 58.2 Å². The van der Waals surface area contributed by atoms with Crippen LogP contribution in [-0.2, 0) is 31.9 Å². The zero-order valence-electron chi connectivity index (χ0n) is 20.4. The van der Waals surface area contributed by atoms with E-state index < -0.39 is 35.7 Å². The van der Waals surface area contributed by atoms with Gasteiger partial charge in [0, 0.05) is 12.8 Å². The van der Waals surface area contributed by atoms with Gasteiger partial charge in [-0.25, -0.2) is 9.59 Å². The van der Waals surface area contributed by atoms with Crippen LogP contribution >= 0.6 is 0 Å². The molecule has 2 rings (SSSR count). The summed E-state index contributed by atoms with van der Waals surface area (Å²) in [7, 11) is 1.27. The lowest BCUT2D eigenvalue weighted by Gasteiger charge is -2.25. The molecular weight excluding hydrogens is 436 g/mol. The van der Waals surface area contributed by atoms with Crippen LogP contribution in [0.15, 0.2) is 54.6 Å². The number of carbonyl (C=O) groups excluding carboxylic acids is 3. The lowest BCUT2D eigenvalue weighted by atomic mass is 10.0. The Morgan fingerprint density at radius 1 is 0.853 bits per heavy atom. The SMILES string of the molecule is CCOc1ccc(C[C@@H](NC(=O)OC(C)(C)C)C(=O)N[C@@H](Cc2ccccc2)C(=O)OC)cc1. The molecule has 2 amide bonds. The van der Waals surface area contributed by atoms with Crippen molar-refractivity contribution in [3.8, 4) is 5.75 Å². The van der Waals surface area contributed by atoms with Crippen LogP contribution < -0.4 is 15.4 Å². The van der Waals surface area contributed by atoms with Crippen LogP contribution in [0.5, 0.6) is 5.75 Å². The van der Waals surface area contributed by atoms with E-state index in [1.165, 1.54) is 7.11 Å². The lowest BCUT2D eigenvalue weighted by molar-refractivity contribution is -0.145. The van der Waals surface area contributed by atoms with Gasteiger partial charge in [-0.15, -0.1) is 0 Å². The van der Waals surface area contributed by atoms with Crippen LogP contribution in [0.4, 0.5) is 4.79 Å². The molecule has 0 aliphatic rings. The average Bonchev–Trinajstić information content (AvgIpc) is 2.78. The van der Waals surface area contributed by atoms with E-state index in [1.54, 1.807) is 32.9 Å². The van der Waals surface area contributed by atoms with Crippen LogP contribution in [0, 0.1) is 0 Å². The molecule has 8 nitrogen and oxygen atoms in total. The van der Waals surface area contributed by atoms with Gasteiger partial charge in [0.15, 0.2) is 0 Å². The first-order chi connectivity index (χ1) is 16.1. The van der Waals surface area contributed by atoms with Crippen molar-refractivity contribution >= 4 is 18.0 Å². The van der Waals surface area contributed by atoms with Gasteiger partial charge in [0.1, 0.15) is 23.4 Å². The van der Waals surface area contributed by atoms with Gasteiger partial charge >= 0.3 is 12.1 Å². The first kappa shape index (κ1) is 26.7. The van der Waals surface area contributed by atoms with E-state index in [9.17, 15) is 14.4 Å². The number of hydrogen-bond donors (Lipinski definition) is 2. The molecule has 0 aliphatic carbocycles. The molecule has 0 fully saturated rings. The van der Waals surface area contributed by atoms with Crippen LogP contribution in [0.3, 0.4) is 0 Å². The number of benzene rings is 2. The van der Waals surface area contributed by atoms with Gasteiger partial charge < -0.3 is 24.8 Å². The van der Waals surface area contributed by atoms with Crippen molar-refractivity contribution in [2.75, 3.05) is 13.7 Å². The predicted molar refractivity (Wildman–Crippen MR) is 129 cm³/mol. The van der Waals surface area contributed by atoms with E-state index in [0.717, 1.165) is 11.1 Å². The van der Waals surface area contributed by atoms with E-state index in [4.69, 9.17) is 14.2 Å². The molecule has 0 unspecified atom stereocenters. The molecule has 34 heavy (non-hydrogen) atoms. The molecule has 0 saturated heterocycles. The summed E-state index contributed by atoms with van der Waals surface area (Å²) < 4.78 is 15.7. The van der Waals surface area contributed by atoms with Crippen LogP contribution in [0.1, 0.15) is 38.8 Å². The van der Waals surface area contributed by atoms with Crippen molar-refractivity contribution in [1.82, 2.24) is 10.6 Å². The second-order valence-corrected chi connectivity index (χ2v) is 8.75. The number of nitrogens with one attached hydrogen (secondary N) is 2.